The minimum absolute atomic E-state index is 0.0758. The van der Waals surface area contributed by atoms with Crippen LogP contribution in [0.2, 0.25) is 0 Å². The first-order valence-electron chi connectivity index (χ1n) is 5.21. The Labute approximate surface area is 109 Å². The zero-order chi connectivity index (χ0) is 14.1. The van der Waals surface area contributed by atoms with E-state index < -0.39 is 5.97 Å². The van der Waals surface area contributed by atoms with Gasteiger partial charge in [0.25, 0.3) is 0 Å². The van der Waals surface area contributed by atoms with Crippen molar-refractivity contribution in [2.45, 2.75) is 6.61 Å². The second-order valence-electron chi connectivity index (χ2n) is 3.23. The molecule has 0 unspecified atom stereocenters. The molecular weight excluding hydrogens is 250 g/mol. The molecule has 1 rings (SSSR count). The van der Waals surface area contributed by atoms with Crippen LogP contribution in [0.5, 0.6) is 0 Å². The van der Waals surface area contributed by atoms with Gasteiger partial charge in [0.05, 0.1) is 11.8 Å². The Morgan fingerprint density at radius 3 is 2.74 bits per heavy atom. The van der Waals surface area contributed by atoms with E-state index in [-0.39, 0.29) is 12.2 Å². The van der Waals surface area contributed by atoms with Crippen LogP contribution in [0.4, 0.5) is 0 Å². The normalized spacial score (nSPS) is 11.8. The lowest BCUT2D eigenvalue weighted by Crippen LogP contribution is -2.02. The zero-order valence-corrected chi connectivity index (χ0v) is 10.1. The van der Waals surface area contributed by atoms with Crippen molar-refractivity contribution < 1.29 is 19.7 Å². The molecule has 1 heterocycles. The van der Waals surface area contributed by atoms with E-state index in [0.717, 1.165) is 0 Å². The maximum atomic E-state index is 11.1. The predicted molar refractivity (Wildman–Crippen MR) is 66.5 cm³/mol. The second kappa shape index (κ2) is 7.62. The number of carbonyl (C=O) groups is 1. The summed E-state index contributed by atoms with van der Waals surface area (Å²) in [6.07, 6.45) is 7.09. The van der Waals surface area contributed by atoms with Gasteiger partial charge in [-0.05, 0) is 18.2 Å². The number of ether oxygens (including phenoxy) is 1. The van der Waals surface area contributed by atoms with Crippen LogP contribution < -0.4 is 0 Å². The number of aromatic amines is 1. The molecule has 1 aromatic heterocycles. The van der Waals surface area contributed by atoms with Gasteiger partial charge < -0.3 is 4.74 Å². The summed E-state index contributed by atoms with van der Waals surface area (Å²) in [5.74, 6) is -0.501. The first-order chi connectivity index (χ1) is 9.21. The largest absolute Gasteiger partial charge is 0.487 e. The molecule has 2 N–H and O–H groups in total. The Bertz CT molecular complexity index is 503. The van der Waals surface area contributed by atoms with E-state index in [0.29, 0.717) is 11.5 Å². The van der Waals surface area contributed by atoms with Crippen molar-refractivity contribution in [2.24, 2.45) is 0 Å². The van der Waals surface area contributed by atoms with Gasteiger partial charge in [-0.1, -0.05) is 19.2 Å². The van der Waals surface area contributed by atoms with Crippen molar-refractivity contribution >= 4 is 5.97 Å². The quantitative estimate of drug-likeness (QED) is 0.254. The number of allylic oxidation sites excluding steroid dienone is 3. The van der Waals surface area contributed by atoms with Crippen LogP contribution in [0.15, 0.2) is 55.0 Å². The second-order valence-corrected chi connectivity index (χ2v) is 3.23. The fourth-order valence-corrected chi connectivity index (χ4v) is 1.07. The van der Waals surface area contributed by atoms with Crippen molar-refractivity contribution in [3.63, 3.8) is 0 Å². The highest BCUT2D eigenvalue weighted by Crippen LogP contribution is 2.06. The number of hydrogen-bond donors (Lipinski definition) is 2. The van der Waals surface area contributed by atoms with Crippen molar-refractivity contribution in [3.8, 4) is 0 Å². The van der Waals surface area contributed by atoms with Gasteiger partial charge in [0.15, 0.2) is 0 Å². The molecule has 19 heavy (non-hydrogen) atoms. The van der Waals surface area contributed by atoms with Crippen LogP contribution in [-0.2, 0) is 21.0 Å². The third-order valence-corrected chi connectivity index (χ3v) is 2.02. The summed E-state index contributed by atoms with van der Waals surface area (Å²) in [5.41, 5.74) is 0.697. The molecule has 0 saturated heterocycles. The van der Waals surface area contributed by atoms with Gasteiger partial charge in [0.1, 0.15) is 18.1 Å². The molecule has 0 spiro atoms. The predicted octanol–water partition coefficient (Wildman–Crippen LogP) is 1.52. The average Bonchev–Trinajstić information content (AvgIpc) is 2.95. The highest BCUT2D eigenvalue weighted by atomic mass is 17.1. The molecule has 1 aromatic rings. The van der Waals surface area contributed by atoms with Gasteiger partial charge in [-0.3, -0.25) is 4.89 Å². The summed E-state index contributed by atoms with van der Waals surface area (Å²) in [4.78, 5) is 14.6. The van der Waals surface area contributed by atoms with Crippen molar-refractivity contribution in [1.29, 1.82) is 0 Å². The monoisotopic (exact) mass is 263 g/mol. The van der Waals surface area contributed by atoms with Crippen LogP contribution >= 0.6 is 0 Å². The highest BCUT2D eigenvalue weighted by molar-refractivity contribution is 5.91. The molecule has 0 atom stereocenters. The topological polar surface area (TPSA) is 97.3 Å². The maximum Gasteiger partial charge on any atom is 0.372 e. The molecule has 100 valence electrons. The zero-order valence-electron chi connectivity index (χ0n) is 10.1. The maximum absolute atomic E-state index is 11.1. The van der Waals surface area contributed by atoms with Crippen molar-refractivity contribution in [3.05, 3.63) is 60.7 Å². The lowest BCUT2D eigenvalue weighted by Gasteiger charge is -2.03. The summed E-state index contributed by atoms with van der Waals surface area (Å²) < 4.78 is 5.37. The van der Waals surface area contributed by atoms with Gasteiger partial charge in [-0.15, -0.1) is 0 Å². The SMILES string of the molecule is C=C/C(=C\C=C(/C=C)C(=O)OO)OCc1cn[nH]n1. The van der Waals surface area contributed by atoms with Gasteiger partial charge in [-0.2, -0.15) is 20.7 Å². The van der Waals surface area contributed by atoms with Gasteiger partial charge in [0.2, 0.25) is 0 Å². The molecule has 0 bridgehead atoms. The van der Waals surface area contributed by atoms with Crippen LogP contribution in [0.25, 0.3) is 0 Å². The minimum atomic E-state index is -0.911. The molecule has 7 heteroatoms. The number of nitrogens with one attached hydrogen (secondary N) is 1. The molecule has 0 radical (unpaired) electrons. The molecule has 0 aliphatic rings. The molecule has 0 aromatic carbocycles. The molecule has 0 saturated carbocycles. The Morgan fingerprint density at radius 1 is 1.42 bits per heavy atom. The van der Waals surface area contributed by atoms with E-state index in [1.165, 1.54) is 30.5 Å². The standard InChI is InChI=1S/C12H13N3O4/c1-3-9(12(16)19-17)5-6-11(4-2)18-8-10-7-13-15-14-10/h3-7,17H,1-2,8H2,(H,13,14,15)/b9-5+,11-6+. The number of carbonyl (C=O) groups excluding carboxylic acids is 1. The summed E-state index contributed by atoms with van der Waals surface area (Å²) in [7, 11) is 0. The minimum Gasteiger partial charge on any atom is -0.487 e. The molecule has 0 amide bonds. The molecule has 7 nitrogen and oxygen atoms in total. The van der Waals surface area contributed by atoms with E-state index in [9.17, 15) is 4.79 Å². The Hall–Kier alpha value is -2.67. The van der Waals surface area contributed by atoms with Crippen LogP contribution in [0.3, 0.4) is 0 Å². The number of nitrogens with zero attached hydrogens (tertiary/aromatic N) is 2. The first-order valence-corrected chi connectivity index (χ1v) is 5.21. The van der Waals surface area contributed by atoms with Gasteiger partial charge in [-0.25, -0.2) is 4.79 Å². The number of aromatic nitrogens is 3. The summed E-state index contributed by atoms with van der Waals surface area (Å²) in [6, 6.07) is 0. The Balaban J connectivity index is 2.70. The highest BCUT2D eigenvalue weighted by Gasteiger charge is 2.05. The Morgan fingerprint density at radius 2 is 2.21 bits per heavy atom. The Kier molecular flexibility index (Phi) is 5.77. The van der Waals surface area contributed by atoms with Crippen LogP contribution in [0, 0.1) is 0 Å². The first kappa shape index (κ1) is 14.4. The van der Waals surface area contributed by atoms with Crippen molar-refractivity contribution in [1.82, 2.24) is 15.4 Å². The van der Waals surface area contributed by atoms with Gasteiger partial charge in [0, 0.05) is 0 Å². The van der Waals surface area contributed by atoms with E-state index in [1.54, 1.807) is 0 Å². The number of rotatable bonds is 7. The summed E-state index contributed by atoms with van der Waals surface area (Å²) in [5, 5.41) is 18.2. The van der Waals surface area contributed by atoms with E-state index in [1.807, 2.05) is 0 Å². The van der Waals surface area contributed by atoms with Crippen LogP contribution in [-0.4, -0.2) is 26.6 Å². The third-order valence-electron chi connectivity index (χ3n) is 2.02. The average molecular weight is 263 g/mol. The van der Waals surface area contributed by atoms with E-state index in [2.05, 4.69) is 33.5 Å². The third kappa shape index (κ3) is 4.60. The van der Waals surface area contributed by atoms with Crippen LogP contribution in [0.1, 0.15) is 5.69 Å². The van der Waals surface area contributed by atoms with E-state index >= 15 is 0 Å². The lowest BCUT2D eigenvalue weighted by molar-refractivity contribution is -0.228. The molecular formula is C12H13N3O4. The number of H-pyrrole nitrogens is 1. The fourth-order valence-electron chi connectivity index (χ4n) is 1.07. The molecule has 0 aliphatic carbocycles. The molecule has 0 aliphatic heterocycles. The fraction of sp³-hybridized carbons (Fsp3) is 0.0833. The van der Waals surface area contributed by atoms with E-state index in [4.69, 9.17) is 9.99 Å². The summed E-state index contributed by atoms with van der Waals surface area (Å²) in [6.45, 7) is 7.20. The number of hydrogen-bond acceptors (Lipinski definition) is 6. The molecule has 0 fully saturated rings. The summed E-state index contributed by atoms with van der Waals surface area (Å²) >= 11 is 0. The lowest BCUT2D eigenvalue weighted by atomic mass is 10.2. The van der Waals surface area contributed by atoms with Gasteiger partial charge >= 0.3 is 5.97 Å². The smallest absolute Gasteiger partial charge is 0.372 e. The van der Waals surface area contributed by atoms with Crippen molar-refractivity contribution in [2.75, 3.05) is 0 Å².